The van der Waals surface area contributed by atoms with E-state index in [0.717, 1.165) is 42.1 Å². The highest BCUT2D eigenvalue weighted by Crippen LogP contribution is 2.41. The minimum absolute atomic E-state index is 0.423. The average Bonchev–Trinajstić information content (AvgIpc) is 2.69. The molecule has 0 aliphatic heterocycles. The van der Waals surface area contributed by atoms with E-state index < -0.39 is 11.6 Å². The molecule has 1 unspecified atom stereocenters. The second kappa shape index (κ2) is 10.0. The molecule has 1 aromatic rings. The fraction of sp³-hybridized carbons (Fsp3) is 0.760. The number of halogens is 2. The molecule has 0 N–H and O–H groups in total. The van der Waals surface area contributed by atoms with Crippen molar-refractivity contribution in [3.05, 3.63) is 35.4 Å². The van der Waals surface area contributed by atoms with Crippen molar-refractivity contribution >= 4 is 0 Å². The lowest BCUT2D eigenvalue weighted by Gasteiger charge is -2.34. The van der Waals surface area contributed by atoms with Crippen LogP contribution in [0.5, 0.6) is 0 Å². The van der Waals surface area contributed by atoms with Crippen molar-refractivity contribution in [3.63, 3.8) is 0 Å². The summed E-state index contributed by atoms with van der Waals surface area (Å²) in [6.45, 7) is 4.77. The van der Waals surface area contributed by atoms with Crippen LogP contribution in [-0.2, 0) is 0 Å². The van der Waals surface area contributed by atoms with E-state index in [-0.39, 0.29) is 0 Å². The highest BCUT2D eigenvalue weighted by atomic mass is 19.2. The van der Waals surface area contributed by atoms with Crippen molar-refractivity contribution in [2.24, 2.45) is 23.7 Å². The molecule has 0 heterocycles. The molecule has 0 radical (unpaired) electrons. The van der Waals surface area contributed by atoms with Gasteiger partial charge in [0.15, 0.2) is 11.6 Å². The molecule has 3 rings (SSSR count). The Hall–Kier alpha value is -0.920. The van der Waals surface area contributed by atoms with E-state index in [1.165, 1.54) is 76.3 Å². The van der Waals surface area contributed by atoms with Gasteiger partial charge in [-0.15, -0.1) is 0 Å². The van der Waals surface area contributed by atoms with E-state index in [1.54, 1.807) is 6.07 Å². The summed E-state index contributed by atoms with van der Waals surface area (Å²) in [4.78, 5) is 0. The van der Waals surface area contributed by atoms with Crippen molar-refractivity contribution in [2.75, 3.05) is 0 Å². The summed E-state index contributed by atoms with van der Waals surface area (Å²) < 4.78 is 26.6. The predicted octanol–water partition coefficient (Wildman–Crippen LogP) is 8.26. The van der Waals surface area contributed by atoms with Gasteiger partial charge >= 0.3 is 0 Å². The highest BCUT2D eigenvalue weighted by Gasteiger charge is 2.27. The standard InChI is InChI=1S/C25H38F2/c1-3-4-18(2)21-11-7-19(8-12-21)5-6-20-9-13-22(14-10-20)23-15-16-24(26)25(27)17-23/h15-22H,3-14H2,1-2H3. The Labute approximate surface area is 165 Å². The molecule has 0 aromatic heterocycles. The molecule has 1 aromatic carbocycles. The number of hydrogen-bond donors (Lipinski definition) is 0. The molecule has 0 spiro atoms. The first-order chi connectivity index (χ1) is 13.1. The fourth-order valence-electron chi connectivity index (χ4n) is 5.76. The summed E-state index contributed by atoms with van der Waals surface area (Å²) in [5.74, 6) is 2.70. The minimum atomic E-state index is -0.730. The third kappa shape index (κ3) is 5.78. The predicted molar refractivity (Wildman–Crippen MR) is 110 cm³/mol. The smallest absolute Gasteiger partial charge is 0.159 e. The van der Waals surface area contributed by atoms with Gasteiger partial charge in [-0.2, -0.15) is 0 Å². The van der Waals surface area contributed by atoms with Crippen LogP contribution in [0, 0.1) is 35.3 Å². The summed E-state index contributed by atoms with van der Waals surface area (Å²) in [5.41, 5.74) is 0.992. The number of benzene rings is 1. The second-order valence-electron chi connectivity index (χ2n) is 9.52. The third-order valence-corrected chi connectivity index (χ3v) is 7.69. The van der Waals surface area contributed by atoms with Crippen LogP contribution in [0.2, 0.25) is 0 Å². The summed E-state index contributed by atoms with van der Waals surface area (Å²) in [6.07, 6.45) is 16.1. The molecular formula is C25H38F2. The van der Waals surface area contributed by atoms with E-state index in [0.29, 0.717) is 5.92 Å². The van der Waals surface area contributed by atoms with Gasteiger partial charge in [-0.1, -0.05) is 58.4 Å². The SMILES string of the molecule is CCCC(C)C1CCC(CCC2CCC(c3ccc(F)c(F)c3)CC2)CC1. The quantitative estimate of drug-likeness (QED) is 0.449. The highest BCUT2D eigenvalue weighted by molar-refractivity contribution is 5.22. The van der Waals surface area contributed by atoms with Crippen LogP contribution in [0.25, 0.3) is 0 Å². The van der Waals surface area contributed by atoms with Crippen LogP contribution in [0.4, 0.5) is 8.78 Å². The second-order valence-corrected chi connectivity index (χ2v) is 9.52. The average molecular weight is 377 g/mol. The molecule has 152 valence electrons. The molecular weight excluding hydrogens is 338 g/mol. The molecule has 2 fully saturated rings. The Balaban J connectivity index is 1.36. The molecule has 2 aliphatic carbocycles. The molecule has 0 nitrogen and oxygen atoms in total. The summed E-state index contributed by atoms with van der Waals surface area (Å²) in [5, 5.41) is 0. The van der Waals surface area contributed by atoms with Crippen LogP contribution in [0.3, 0.4) is 0 Å². The number of hydrogen-bond acceptors (Lipinski definition) is 0. The van der Waals surface area contributed by atoms with Gasteiger partial charge in [-0.05, 0) is 85.8 Å². The van der Waals surface area contributed by atoms with E-state index in [9.17, 15) is 8.78 Å². The monoisotopic (exact) mass is 376 g/mol. The van der Waals surface area contributed by atoms with E-state index >= 15 is 0 Å². The van der Waals surface area contributed by atoms with Crippen LogP contribution < -0.4 is 0 Å². The Morgan fingerprint density at radius 3 is 2.00 bits per heavy atom. The maximum Gasteiger partial charge on any atom is 0.159 e. The van der Waals surface area contributed by atoms with Crippen molar-refractivity contribution in [1.82, 2.24) is 0 Å². The minimum Gasteiger partial charge on any atom is -0.204 e. The van der Waals surface area contributed by atoms with Crippen LogP contribution in [0.15, 0.2) is 18.2 Å². The lowest BCUT2D eigenvalue weighted by Crippen LogP contribution is -2.21. The Morgan fingerprint density at radius 1 is 0.852 bits per heavy atom. The Kier molecular flexibility index (Phi) is 7.73. The molecule has 2 aliphatic rings. The summed E-state index contributed by atoms with van der Waals surface area (Å²) >= 11 is 0. The van der Waals surface area contributed by atoms with Crippen molar-refractivity contribution in [2.45, 2.75) is 96.8 Å². The van der Waals surface area contributed by atoms with Gasteiger partial charge < -0.3 is 0 Å². The van der Waals surface area contributed by atoms with Gasteiger partial charge in [-0.25, -0.2) is 8.78 Å². The van der Waals surface area contributed by atoms with Crippen LogP contribution >= 0.6 is 0 Å². The van der Waals surface area contributed by atoms with E-state index in [1.807, 2.05) is 0 Å². The largest absolute Gasteiger partial charge is 0.204 e. The Bertz CT molecular complexity index is 566. The van der Waals surface area contributed by atoms with Crippen molar-refractivity contribution in [3.8, 4) is 0 Å². The lowest BCUT2D eigenvalue weighted by atomic mass is 9.72. The van der Waals surface area contributed by atoms with Gasteiger partial charge in [-0.3, -0.25) is 0 Å². The summed E-state index contributed by atoms with van der Waals surface area (Å²) in [6, 6.07) is 4.48. The zero-order valence-corrected chi connectivity index (χ0v) is 17.4. The van der Waals surface area contributed by atoms with Crippen LogP contribution in [0.1, 0.15) is 102 Å². The summed E-state index contributed by atoms with van der Waals surface area (Å²) in [7, 11) is 0. The Morgan fingerprint density at radius 2 is 1.44 bits per heavy atom. The van der Waals surface area contributed by atoms with Gasteiger partial charge in [0.2, 0.25) is 0 Å². The first-order valence-electron chi connectivity index (χ1n) is 11.5. The fourth-order valence-corrected chi connectivity index (χ4v) is 5.76. The van der Waals surface area contributed by atoms with Gasteiger partial charge in [0, 0.05) is 0 Å². The molecule has 0 saturated heterocycles. The zero-order valence-electron chi connectivity index (χ0n) is 17.4. The lowest BCUT2D eigenvalue weighted by molar-refractivity contribution is 0.187. The topological polar surface area (TPSA) is 0 Å². The number of rotatable bonds is 7. The normalized spacial score (nSPS) is 30.2. The molecule has 27 heavy (non-hydrogen) atoms. The molecule has 0 amide bonds. The van der Waals surface area contributed by atoms with Crippen molar-refractivity contribution in [1.29, 1.82) is 0 Å². The van der Waals surface area contributed by atoms with Gasteiger partial charge in [0.05, 0.1) is 0 Å². The molecule has 2 saturated carbocycles. The maximum absolute atomic E-state index is 13.5. The third-order valence-electron chi connectivity index (χ3n) is 7.69. The molecule has 0 bridgehead atoms. The first kappa shape index (κ1) is 20.8. The van der Waals surface area contributed by atoms with E-state index in [4.69, 9.17) is 0 Å². The zero-order chi connectivity index (χ0) is 19.2. The first-order valence-corrected chi connectivity index (χ1v) is 11.5. The van der Waals surface area contributed by atoms with Crippen molar-refractivity contribution < 1.29 is 8.78 Å². The molecule has 2 heteroatoms. The van der Waals surface area contributed by atoms with Gasteiger partial charge in [0.1, 0.15) is 0 Å². The van der Waals surface area contributed by atoms with Gasteiger partial charge in [0.25, 0.3) is 0 Å². The van der Waals surface area contributed by atoms with Crippen LogP contribution in [-0.4, -0.2) is 0 Å². The maximum atomic E-state index is 13.5. The molecule has 1 atom stereocenters. The van der Waals surface area contributed by atoms with E-state index in [2.05, 4.69) is 13.8 Å².